The molecular formula is C14H19N3O4. The van der Waals surface area contributed by atoms with E-state index in [1.54, 1.807) is 31.2 Å². The second kappa shape index (κ2) is 6.53. The molecule has 0 spiro atoms. The third-order valence-electron chi connectivity index (χ3n) is 3.50. The van der Waals surface area contributed by atoms with Crippen LogP contribution < -0.4 is 5.32 Å². The van der Waals surface area contributed by atoms with Crippen molar-refractivity contribution in [3.05, 3.63) is 33.9 Å². The van der Waals surface area contributed by atoms with E-state index < -0.39 is 4.92 Å². The molecule has 0 aromatic heterocycles. The Morgan fingerprint density at radius 3 is 2.76 bits per heavy atom. The lowest BCUT2D eigenvalue weighted by molar-refractivity contribution is -0.384. The normalized spacial score (nSPS) is 13.8. The van der Waals surface area contributed by atoms with Crippen LogP contribution in [-0.4, -0.2) is 49.1 Å². The summed E-state index contributed by atoms with van der Waals surface area (Å²) in [5.74, 6) is -0.180. The molecule has 7 nitrogen and oxygen atoms in total. The monoisotopic (exact) mass is 293 g/mol. The lowest BCUT2D eigenvalue weighted by atomic mass is 10.1. The second-order valence-electron chi connectivity index (χ2n) is 4.96. The Kier molecular flexibility index (Phi) is 4.74. The number of nitrogens with zero attached hydrogens (tertiary/aromatic N) is 2. The molecule has 1 aliphatic carbocycles. The summed E-state index contributed by atoms with van der Waals surface area (Å²) in [4.78, 5) is 24.8. The maximum atomic E-state index is 12.5. The molecule has 0 saturated heterocycles. The van der Waals surface area contributed by atoms with Crippen LogP contribution in [0.1, 0.15) is 23.2 Å². The van der Waals surface area contributed by atoms with Crippen molar-refractivity contribution in [1.29, 1.82) is 0 Å². The van der Waals surface area contributed by atoms with E-state index in [9.17, 15) is 14.9 Å². The molecule has 21 heavy (non-hydrogen) atoms. The van der Waals surface area contributed by atoms with Crippen molar-refractivity contribution >= 4 is 17.3 Å². The highest BCUT2D eigenvalue weighted by molar-refractivity contribution is 5.96. The number of nitro groups is 1. The van der Waals surface area contributed by atoms with Gasteiger partial charge in [-0.3, -0.25) is 14.9 Å². The Bertz CT molecular complexity index is 543. The van der Waals surface area contributed by atoms with Gasteiger partial charge in [-0.15, -0.1) is 0 Å². The molecule has 0 aliphatic heterocycles. The van der Waals surface area contributed by atoms with Gasteiger partial charge in [-0.05, 0) is 25.0 Å². The second-order valence-corrected chi connectivity index (χ2v) is 4.96. The van der Waals surface area contributed by atoms with Crippen molar-refractivity contribution in [2.45, 2.75) is 18.9 Å². The maximum absolute atomic E-state index is 12.5. The molecule has 1 amide bonds. The van der Waals surface area contributed by atoms with E-state index in [1.165, 1.54) is 6.07 Å². The fourth-order valence-electron chi connectivity index (χ4n) is 2.22. The van der Waals surface area contributed by atoms with Crippen LogP contribution in [0.3, 0.4) is 0 Å². The smallest absolute Gasteiger partial charge is 0.293 e. The molecule has 2 rings (SSSR count). The van der Waals surface area contributed by atoms with Crippen molar-refractivity contribution in [3.8, 4) is 0 Å². The van der Waals surface area contributed by atoms with Gasteiger partial charge in [-0.1, -0.05) is 0 Å². The van der Waals surface area contributed by atoms with Gasteiger partial charge in [0, 0.05) is 38.4 Å². The van der Waals surface area contributed by atoms with Gasteiger partial charge in [0.1, 0.15) is 5.69 Å². The van der Waals surface area contributed by atoms with Crippen molar-refractivity contribution in [2.75, 3.05) is 32.6 Å². The van der Waals surface area contributed by atoms with Gasteiger partial charge in [0.2, 0.25) is 0 Å². The average Bonchev–Trinajstić information content (AvgIpc) is 3.31. The molecule has 1 saturated carbocycles. The summed E-state index contributed by atoms with van der Waals surface area (Å²) in [5, 5.41) is 13.8. The highest BCUT2D eigenvalue weighted by atomic mass is 16.6. The van der Waals surface area contributed by atoms with E-state index in [4.69, 9.17) is 4.74 Å². The van der Waals surface area contributed by atoms with E-state index in [0.29, 0.717) is 24.4 Å². The standard InChI is InChI=1S/C14H19N3O4/c1-15-12-6-3-10(9-13(12)17(19)20)14(18)16(7-8-21-2)11-4-5-11/h3,6,9,11,15H,4-5,7-8H2,1-2H3. The molecule has 0 radical (unpaired) electrons. The number of hydrogen-bond donors (Lipinski definition) is 1. The van der Waals surface area contributed by atoms with Gasteiger partial charge in [-0.2, -0.15) is 0 Å². The van der Waals surface area contributed by atoms with Crippen LogP contribution in [0.25, 0.3) is 0 Å². The summed E-state index contributed by atoms with van der Waals surface area (Å²) in [6.07, 6.45) is 1.96. The summed E-state index contributed by atoms with van der Waals surface area (Å²) < 4.78 is 5.02. The van der Waals surface area contributed by atoms with Crippen molar-refractivity contribution in [2.24, 2.45) is 0 Å². The summed E-state index contributed by atoms with van der Waals surface area (Å²) >= 11 is 0. The van der Waals surface area contributed by atoms with Gasteiger partial charge < -0.3 is 15.0 Å². The first-order valence-electron chi connectivity index (χ1n) is 6.84. The van der Waals surface area contributed by atoms with Crippen LogP contribution in [0.2, 0.25) is 0 Å². The Morgan fingerprint density at radius 2 is 2.24 bits per heavy atom. The van der Waals surface area contributed by atoms with Crippen LogP contribution in [0.5, 0.6) is 0 Å². The zero-order chi connectivity index (χ0) is 15.4. The number of benzene rings is 1. The van der Waals surface area contributed by atoms with Gasteiger partial charge in [-0.25, -0.2) is 0 Å². The molecule has 1 aliphatic rings. The molecule has 1 fully saturated rings. The highest BCUT2D eigenvalue weighted by Gasteiger charge is 2.33. The largest absolute Gasteiger partial charge is 0.383 e. The van der Waals surface area contributed by atoms with Crippen molar-refractivity contribution < 1.29 is 14.5 Å². The summed E-state index contributed by atoms with van der Waals surface area (Å²) in [7, 11) is 3.20. The predicted molar refractivity (Wildman–Crippen MR) is 78.6 cm³/mol. The van der Waals surface area contributed by atoms with E-state index >= 15 is 0 Å². The fourth-order valence-corrected chi connectivity index (χ4v) is 2.22. The Hall–Kier alpha value is -2.15. The molecule has 1 N–H and O–H groups in total. The fraction of sp³-hybridized carbons (Fsp3) is 0.500. The molecular weight excluding hydrogens is 274 g/mol. The molecule has 0 unspecified atom stereocenters. The van der Waals surface area contributed by atoms with E-state index in [2.05, 4.69) is 5.32 Å². The van der Waals surface area contributed by atoms with E-state index in [-0.39, 0.29) is 17.6 Å². The zero-order valence-electron chi connectivity index (χ0n) is 12.2. The third-order valence-corrected chi connectivity index (χ3v) is 3.50. The van der Waals surface area contributed by atoms with Gasteiger partial charge in [0.15, 0.2) is 0 Å². The number of rotatable bonds is 7. The van der Waals surface area contributed by atoms with Crippen LogP contribution >= 0.6 is 0 Å². The molecule has 0 atom stereocenters. The average molecular weight is 293 g/mol. The summed E-state index contributed by atoms with van der Waals surface area (Å²) in [5.41, 5.74) is 0.640. The lowest BCUT2D eigenvalue weighted by Gasteiger charge is -2.22. The quantitative estimate of drug-likeness (QED) is 0.613. The summed E-state index contributed by atoms with van der Waals surface area (Å²) in [6.45, 7) is 0.959. The number of amides is 1. The number of nitro benzene ring substituents is 1. The van der Waals surface area contributed by atoms with Crippen molar-refractivity contribution in [1.82, 2.24) is 4.90 Å². The zero-order valence-corrected chi connectivity index (χ0v) is 12.2. The van der Waals surface area contributed by atoms with Gasteiger partial charge in [0.05, 0.1) is 11.5 Å². The third kappa shape index (κ3) is 3.49. The molecule has 114 valence electrons. The van der Waals surface area contributed by atoms with Crippen LogP contribution in [0.4, 0.5) is 11.4 Å². The summed E-state index contributed by atoms with van der Waals surface area (Å²) in [6, 6.07) is 4.74. The topological polar surface area (TPSA) is 84.7 Å². The van der Waals surface area contributed by atoms with E-state index in [0.717, 1.165) is 12.8 Å². The maximum Gasteiger partial charge on any atom is 0.293 e. The Morgan fingerprint density at radius 1 is 1.52 bits per heavy atom. The van der Waals surface area contributed by atoms with E-state index in [1.807, 2.05) is 0 Å². The number of nitrogens with one attached hydrogen (secondary N) is 1. The minimum absolute atomic E-state index is 0.0918. The first-order valence-corrected chi connectivity index (χ1v) is 6.84. The molecule has 1 aromatic rings. The number of methoxy groups -OCH3 is 1. The van der Waals surface area contributed by atoms with Crippen LogP contribution in [0, 0.1) is 10.1 Å². The number of hydrogen-bond acceptors (Lipinski definition) is 5. The number of carbonyl (C=O) groups is 1. The minimum atomic E-state index is -0.487. The van der Waals surface area contributed by atoms with Crippen LogP contribution in [-0.2, 0) is 4.74 Å². The minimum Gasteiger partial charge on any atom is -0.383 e. The highest BCUT2D eigenvalue weighted by Crippen LogP contribution is 2.30. The first kappa shape index (κ1) is 15.2. The van der Waals surface area contributed by atoms with Crippen LogP contribution in [0.15, 0.2) is 18.2 Å². The predicted octanol–water partition coefficient (Wildman–Crippen LogP) is 1.89. The molecule has 1 aromatic carbocycles. The molecule has 7 heteroatoms. The Labute approximate surface area is 123 Å². The molecule has 0 bridgehead atoms. The molecule has 0 heterocycles. The van der Waals surface area contributed by atoms with Gasteiger partial charge >= 0.3 is 0 Å². The number of ether oxygens (including phenoxy) is 1. The number of anilines is 1. The lowest BCUT2D eigenvalue weighted by Crippen LogP contribution is -2.35. The Balaban J connectivity index is 2.24. The SMILES string of the molecule is CNc1ccc(C(=O)N(CCOC)C2CC2)cc1[N+](=O)[O-]. The van der Waals surface area contributed by atoms with Gasteiger partial charge in [0.25, 0.3) is 11.6 Å². The van der Waals surface area contributed by atoms with Crippen molar-refractivity contribution in [3.63, 3.8) is 0 Å². The number of carbonyl (C=O) groups excluding carboxylic acids is 1. The first-order chi connectivity index (χ1) is 10.1.